The van der Waals surface area contributed by atoms with E-state index in [0.717, 1.165) is 6.26 Å². The molecule has 0 heterocycles. The second kappa shape index (κ2) is 4.41. The quantitative estimate of drug-likeness (QED) is 0.663. The molecule has 0 spiro atoms. The van der Waals surface area contributed by atoms with Crippen molar-refractivity contribution in [2.24, 2.45) is 0 Å². The van der Waals surface area contributed by atoms with E-state index in [-0.39, 0.29) is 17.4 Å². The van der Waals surface area contributed by atoms with E-state index in [2.05, 4.69) is 11.9 Å². The Labute approximate surface area is 78.9 Å². The topological polar surface area (TPSA) is 63.2 Å². The number of carbonyl (C=O) groups excluding carboxylic acids is 1. The number of nitrogens with one attached hydrogen (secondary N) is 1. The second-order valence-electron chi connectivity index (χ2n) is 3.30. The highest BCUT2D eigenvalue weighted by Gasteiger charge is 2.13. The van der Waals surface area contributed by atoms with E-state index in [9.17, 15) is 13.2 Å². The maximum absolute atomic E-state index is 11.2. The fourth-order valence-electron chi connectivity index (χ4n) is 0.746. The van der Waals surface area contributed by atoms with Crippen LogP contribution in [0.2, 0.25) is 0 Å². The lowest BCUT2D eigenvalue weighted by Crippen LogP contribution is -2.32. The zero-order valence-corrected chi connectivity index (χ0v) is 8.94. The Hall–Kier alpha value is -0.840. The van der Waals surface area contributed by atoms with Crippen LogP contribution in [0.15, 0.2) is 12.2 Å². The summed E-state index contributed by atoms with van der Waals surface area (Å²) in [5, 5.41) is 2.56. The van der Waals surface area contributed by atoms with E-state index in [0.29, 0.717) is 0 Å². The van der Waals surface area contributed by atoms with Gasteiger partial charge in [-0.3, -0.25) is 4.79 Å². The van der Waals surface area contributed by atoms with Crippen LogP contribution in [-0.2, 0) is 14.6 Å². The first-order valence-corrected chi connectivity index (χ1v) is 5.95. The molecule has 0 rings (SSSR count). The van der Waals surface area contributed by atoms with Crippen LogP contribution in [0.4, 0.5) is 0 Å². The number of amides is 1. The molecule has 76 valence electrons. The van der Waals surface area contributed by atoms with Gasteiger partial charge in [-0.1, -0.05) is 6.58 Å². The molecule has 0 aromatic carbocycles. The van der Waals surface area contributed by atoms with Crippen LogP contribution in [0.1, 0.15) is 13.8 Å². The summed E-state index contributed by atoms with van der Waals surface area (Å²) in [5.74, 6) is -0.689. The predicted molar refractivity (Wildman–Crippen MR) is 52.1 cm³/mol. The third kappa shape index (κ3) is 6.33. The first-order valence-electron chi connectivity index (χ1n) is 3.88. The number of hydrogen-bond acceptors (Lipinski definition) is 3. The molecule has 0 radical (unpaired) electrons. The van der Waals surface area contributed by atoms with Gasteiger partial charge in [0.15, 0.2) is 9.84 Å². The number of carbonyl (C=O) groups is 1. The van der Waals surface area contributed by atoms with Crippen molar-refractivity contribution in [2.45, 2.75) is 19.9 Å². The maximum Gasteiger partial charge on any atom is 0.247 e. The van der Waals surface area contributed by atoms with E-state index < -0.39 is 15.7 Å². The minimum atomic E-state index is -3.16. The summed E-state index contributed by atoms with van der Waals surface area (Å²) in [7, 11) is -3.16. The molecule has 0 aromatic heterocycles. The van der Waals surface area contributed by atoms with Crippen LogP contribution in [0.25, 0.3) is 0 Å². The average Bonchev–Trinajstić information content (AvgIpc) is 1.81. The molecular weight excluding hydrogens is 190 g/mol. The monoisotopic (exact) mass is 205 g/mol. The molecular formula is C8H15NO3S. The van der Waals surface area contributed by atoms with Gasteiger partial charge < -0.3 is 5.32 Å². The molecule has 0 aromatic rings. The zero-order valence-electron chi connectivity index (χ0n) is 8.12. The lowest BCUT2D eigenvalue weighted by atomic mass is 10.3. The van der Waals surface area contributed by atoms with Crippen molar-refractivity contribution in [1.29, 1.82) is 0 Å². The van der Waals surface area contributed by atoms with Crippen molar-refractivity contribution in [1.82, 2.24) is 5.32 Å². The van der Waals surface area contributed by atoms with Gasteiger partial charge in [0.1, 0.15) is 0 Å². The Kier molecular flexibility index (Phi) is 4.13. The van der Waals surface area contributed by atoms with Gasteiger partial charge in [0.25, 0.3) is 0 Å². The molecule has 0 aliphatic rings. The predicted octanol–water partition coefficient (Wildman–Crippen LogP) is 0.112. The fraction of sp³-hybridized carbons (Fsp3) is 0.625. The van der Waals surface area contributed by atoms with Crippen molar-refractivity contribution >= 4 is 15.7 Å². The Bertz CT molecular complexity index is 303. The van der Waals surface area contributed by atoms with E-state index >= 15 is 0 Å². The second-order valence-corrected chi connectivity index (χ2v) is 5.44. The van der Waals surface area contributed by atoms with E-state index in [1.807, 2.05) is 0 Å². The number of hydrogen-bond donors (Lipinski definition) is 1. The standard InChI is InChI=1S/C8H15NO3S/c1-6(2)9-8(10)7(3)5-13(4,11)12/h6H,3,5H2,1-2,4H3,(H,9,10). The van der Waals surface area contributed by atoms with Crippen molar-refractivity contribution in [3.63, 3.8) is 0 Å². The molecule has 1 N–H and O–H groups in total. The molecule has 13 heavy (non-hydrogen) atoms. The summed E-state index contributed by atoms with van der Waals surface area (Å²) in [6.45, 7) is 7.00. The molecule has 0 bridgehead atoms. The van der Waals surface area contributed by atoms with Crippen molar-refractivity contribution in [3.8, 4) is 0 Å². The van der Waals surface area contributed by atoms with Gasteiger partial charge in [-0.25, -0.2) is 8.42 Å². The summed E-state index contributed by atoms with van der Waals surface area (Å²) in [6, 6.07) is -0.0104. The maximum atomic E-state index is 11.2. The van der Waals surface area contributed by atoms with Crippen LogP contribution in [0, 0.1) is 0 Å². The minimum absolute atomic E-state index is 0.0104. The molecule has 5 heteroatoms. The third-order valence-electron chi connectivity index (χ3n) is 1.18. The highest BCUT2D eigenvalue weighted by molar-refractivity contribution is 7.90. The zero-order chi connectivity index (χ0) is 10.6. The summed E-state index contributed by atoms with van der Waals surface area (Å²) >= 11 is 0. The van der Waals surface area contributed by atoms with Crippen LogP contribution in [0.3, 0.4) is 0 Å². The molecule has 0 aliphatic heterocycles. The summed E-state index contributed by atoms with van der Waals surface area (Å²) < 4.78 is 21.6. The molecule has 4 nitrogen and oxygen atoms in total. The van der Waals surface area contributed by atoms with Crippen LogP contribution in [-0.4, -0.2) is 32.4 Å². The lowest BCUT2D eigenvalue weighted by Gasteiger charge is -2.09. The normalized spacial score (nSPS) is 11.4. The Morgan fingerprint density at radius 2 is 1.92 bits per heavy atom. The van der Waals surface area contributed by atoms with Gasteiger partial charge in [-0.05, 0) is 13.8 Å². The molecule has 0 saturated heterocycles. The Balaban J connectivity index is 4.22. The Morgan fingerprint density at radius 1 is 1.46 bits per heavy atom. The summed E-state index contributed by atoms with van der Waals surface area (Å²) in [5.41, 5.74) is 0.0798. The van der Waals surface area contributed by atoms with Gasteiger partial charge in [-0.15, -0.1) is 0 Å². The highest BCUT2D eigenvalue weighted by Crippen LogP contribution is 1.96. The summed E-state index contributed by atoms with van der Waals surface area (Å²) in [4.78, 5) is 11.2. The highest BCUT2D eigenvalue weighted by atomic mass is 32.2. The third-order valence-corrected chi connectivity index (χ3v) is 2.05. The summed E-state index contributed by atoms with van der Waals surface area (Å²) in [6.07, 6.45) is 1.07. The van der Waals surface area contributed by atoms with E-state index in [1.165, 1.54) is 0 Å². The smallest absolute Gasteiger partial charge is 0.247 e. The molecule has 0 unspecified atom stereocenters. The number of rotatable bonds is 4. The first kappa shape index (κ1) is 12.2. The van der Waals surface area contributed by atoms with Gasteiger partial charge in [0, 0.05) is 17.9 Å². The molecule has 0 saturated carbocycles. The van der Waals surface area contributed by atoms with E-state index in [1.54, 1.807) is 13.8 Å². The molecule has 1 amide bonds. The first-order chi connectivity index (χ1) is 5.72. The minimum Gasteiger partial charge on any atom is -0.350 e. The van der Waals surface area contributed by atoms with Crippen molar-refractivity contribution < 1.29 is 13.2 Å². The lowest BCUT2D eigenvalue weighted by molar-refractivity contribution is -0.117. The largest absolute Gasteiger partial charge is 0.350 e. The SMILES string of the molecule is C=C(CS(C)(=O)=O)C(=O)NC(C)C. The van der Waals surface area contributed by atoms with Gasteiger partial charge in [-0.2, -0.15) is 0 Å². The molecule has 0 fully saturated rings. The number of sulfone groups is 1. The average molecular weight is 205 g/mol. The van der Waals surface area contributed by atoms with Crippen LogP contribution in [0.5, 0.6) is 0 Å². The van der Waals surface area contributed by atoms with Crippen molar-refractivity contribution in [3.05, 3.63) is 12.2 Å². The fourth-order valence-corrected chi connectivity index (χ4v) is 1.51. The van der Waals surface area contributed by atoms with Crippen LogP contribution < -0.4 is 5.32 Å². The molecule has 0 atom stereocenters. The van der Waals surface area contributed by atoms with Gasteiger partial charge in [0.05, 0.1) is 5.75 Å². The van der Waals surface area contributed by atoms with Gasteiger partial charge in [0.2, 0.25) is 5.91 Å². The van der Waals surface area contributed by atoms with E-state index in [4.69, 9.17) is 0 Å². The molecule has 0 aliphatic carbocycles. The Morgan fingerprint density at radius 3 is 2.23 bits per heavy atom. The van der Waals surface area contributed by atoms with Crippen molar-refractivity contribution in [2.75, 3.05) is 12.0 Å². The van der Waals surface area contributed by atoms with Crippen LogP contribution >= 0.6 is 0 Å². The van der Waals surface area contributed by atoms with Gasteiger partial charge >= 0.3 is 0 Å².